The Morgan fingerprint density at radius 2 is 2.27 bits per heavy atom. The molecule has 1 aromatic carbocycles. The third kappa shape index (κ3) is 4.45. The van der Waals surface area contributed by atoms with Gasteiger partial charge >= 0.3 is 0 Å². The lowest BCUT2D eigenvalue weighted by Gasteiger charge is -2.20. The lowest BCUT2D eigenvalue weighted by molar-refractivity contribution is -0.134. The van der Waals surface area contributed by atoms with Gasteiger partial charge < -0.3 is 15.0 Å². The molecule has 3 aromatic rings. The molecule has 4 rings (SSSR count). The molecule has 1 aliphatic rings. The van der Waals surface area contributed by atoms with Gasteiger partial charge in [0.1, 0.15) is 5.82 Å². The van der Waals surface area contributed by atoms with Gasteiger partial charge in [-0.05, 0) is 34.8 Å². The topological polar surface area (TPSA) is 71.8 Å². The molecular formula is C21H23BrClN5O2. The minimum absolute atomic E-state index is 0.00221. The van der Waals surface area contributed by atoms with E-state index in [9.17, 15) is 4.79 Å². The van der Waals surface area contributed by atoms with Gasteiger partial charge in [-0.1, -0.05) is 29.8 Å². The Kier molecular flexibility index (Phi) is 6.55. The highest BCUT2D eigenvalue weighted by atomic mass is 79.9. The second-order valence-corrected chi connectivity index (χ2v) is 8.60. The monoisotopic (exact) mass is 491 g/mol. The zero-order valence-corrected chi connectivity index (χ0v) is 19.0. The molecular weight excluding hydrogens is 470 g/mol. The molecule has 1 N–H and O–H groups in total. The molecule has 0 radical (unpaired) electrons. The molecule has 1 aliphatic heterocycles. The van der Waals surface area contributed by atoms with Gasteiger partial charge in [-0.15, -0.1) is 0 Å². The Bertz CT molecular complexity index is 1050. The van der Waals surface area contributed by atoms with Crippen LogP contribution in [-0.4, -0.2) is 58.8 Å². The lowest BCUT2D eigenvalue weighted by atomic mass is 10.1. The third-order valence-corrected chi connectivity index (χ3v) is 6.10. The van der Waals surface area contributed by atoms with Crippen molar-refractivity contribution in [2.24, 2.45) is 5.92 Å². The summed E-state index contributed by atoms with van der Waals surface area (Å²) in [6, 6.07) is 9.58. The zero-order valence-electron chi connectivity index (χ0n) is 16.6. The van der Waals surface area contributed by atoms with Crippen molar-refractivity contribution in [2.75, 3.05) is 38.7 Å². The van der Waals surface area contributed by atoms with Crippen molar-refractivity contribution in [2.45, 2.75) is 12.8 Å². The number of hydrogen-bond donors (Lipinski definition) is 1. The lowest BCUT2D eigenvalue weighted by Crippen LogP contribution is -2.34. The summed E-state index contributed by atoms with van der Waals surface area (Å²) in [5.74, 6) is 0.983. The van der Waals surface area contributed by atoms with Crippen LogP contribution < -0.4 is 5.32 Å². The van der Waals surface area contributed by atoms with E-state index in [0.717, 1.165) is 34.4 Å². The summed E-state index contributed by atoms with van der Waals surface area (Å²) in [4.78, 5) is 18.9. The molecule has 0 spiro atoms. The number of rotatable bonds is 7. The van der Waals surface area contributed by atoms with E-state index in [2.05, 4.69) is 26.3 Å². The molecule has 1 fully saturated rings. The molecule has 2 aromatic heterocycles. The summed E-state index contributed by atoms with van der Waals surface area (Å²) < 4.78 is 7.89. The summed E-state index contributed by atoms with van der Waals surface area (Å²) >= 11 is 9.89. The Labute approximate surface area is 188 Å². The van der Waals surface area contributed by atoms with Crippen molar-refractivity contribution in [1.29, 1.82) is 0 Å². The van der Waals surface area contributed by atoms with Crippen LogP contribution in [0.4, 0.5) is 5.82 Å². The smallest absolute Gasteiger partial charge is 0.227 e. The van der Waals surface area contributed by atoms with E-state index in [-0.39, 0.29) is 11.8 Å². The van der Waals surface area contributed by atoms with Crippen molar-refractivity contribution in [3.63, 3.8) is 0 Å². The summed E-state index contributed by atoms with van der Waals surface area (Å²) in [6.45, 7) is 2.58. The first-order chi connectivity index (χ1) is 14.5. The standard InChI is InChI=1S/C21H23BrClN5O2/c1-27(21(29)14-7-10-30-13-14)9-4-8-24-19-11-18(15-5-2-3-6-17(15)23)26-20-16(22)12-25-28(19)20/h2-3,5-6,11-12,14,24H,4,7-10,13H2,1H3. The number of aromatic nitrogens is 3. The summed E-state index contributed by atoms with van der Waals surface area (Å²) in [6.07, 6.45) is 3.35. The first-order valence-electron chi connectivity index (χ1n) is 9.90. The number of nitrogens with one attached hydrogen (secondary N) is 1. The fraction of sp³-hybridized carbons (Fsp3) is 0.381. The van der Waals surface area contributed by atoms with E-state index >= 15 is 0 Å². The van der Waals surface area contributed by atoms with Gasteiger partial charge in [0.15, 0.2) is 5.65 Å². The number of halogens is 2. The molecule has 9 heteroatoms. The minimum atomic E-state index is 0.00221. The van der Waals surface area contributed by atoms with Gasteiger partial charge in [-0.2, -0.15) is 9.61 Å². The Hall–Kier alpha value is -2.16. The van der Waals surface area contributed by atoms with Gasteiger partial charge in [0, 0.05) is 43.4 Å². The van der Waals surface area contributed by atoms with Crippen molar-refractivity contribution in [1.82, 2.24) is 19.5 Å². The Morgan fingerprint density at radius 1 is 1.43 bits per heavy atom. The number of carbonyl (C=O) groups excluding carboxylic acids is 1. The van der Waals surface area contributed by atoms with Crippen LogP contribution in [0.25, 0.3) is 16.9 Å². The Morgan fingerprint density at radius 3 is 3.03 bits per heavy atom. The maximum atomic E-state index is 12.4. The van der Waals surface area contributed by atoms with Gasteiger partial charge in [0.2, 0.25) is 5.91 Å². The molecule has 3 heterocycles. The normalized spacial score (nSPS) is 16.2. The number of carbonyl (C=O) groups is 1. The number of amides is 1. The van der Waals surface area contributed by atoms with Crippen molar-refractivity contribution < 1.29 is 9.53 Å². The van der Waals surface area contributed by atoms with Gasteiger partial charge in [0.05, 0.1) is 28.9 Å². The highest BCUT2D eigenvalue weighted by Crippen LogP contribution is 2.30. The van der Waals surface area contributed by atoms with E-state index in [0.29, 0.717) is 37.0 Å². The third-order valence-electron chi connectivity index (χ3n) is 5.21. The van der Waals surface area contributed by atoms with Crippen LogP contribution in [0.1, 0.15) is 12.8 Å². The van der Waals surface area contributed by atoms with Crippen LogP contribution in [-0.2, 0) is 9.53 Å². The van der Waals surface area contributed by atoms with Crippen LogP contribution in [0, 0.1) is 5.92 Å². The van der Waals surface area contributed by atoms with Crippen LogP contribution in [0.5, 0.6) is 0 Å². The van der Waals surface area contributed by atoms with Crippen molar-refractivity contribution >= 4 is 44.9 Å². The van der Waals surface area contributed by atoms with Gasteiger partial charge in [-0.25, -0.2) is 4.98 Å². The Balaban J connectivity index is 1.46. The highest BCUT2D eigenvalue weighted by Gasteiger charge is 2.25. The number of fused-ring (bicyclic) bond motifs is 1. The predicted octanol–water partition coefficient (Wildman–Crippen LogP) is 4.11. The SMILES string of the molecule is CN(CCCNc1cc(-c2ccccc2Cl)nc2c(Br)cnn12)C(=O)C1CCOC1. The molecule has 0 bridgehead atoms. The van der Waals surface area contributed by atoms with E-state index in [4.69, 9.17) is 21.3 Å². The predicted molar refractivity (Wildman–Crippen MR) is 121 cm³/mol. The van der Waals surface area contributed by atoms with E-state index in [1.165, 1.54) is 0 Å². The molecule has 0 saturated carbocycles. The molecule has 1 amide bonds. The number of benzene rings is 1. The van der Waals surface area contributed by atoms with Crippen molar-refractivity contribution in [3.05, 3.63) is 46.0 Å². The fourth-order valence-corrected chi connectivity index (χ4v) is 4.13. The first kappa shape index (κ1) is 21.1. The molecule has 7 nitrogen and oxygen atoms in total. The summed E-state index contributed by atoms with van der Waals surface area (Å²) in [5.41, 5.74) is 2.34. The molecule has 1 atom stereocenters. The largest absolute Gasteiger partial charge is 0.381 e. The number of hydrogen-bond acceptors (Lipinski definition) is 5. The van der Waals surface area contributed by atoms with E-state index < -0.39 is 0 Å². The van der Waals surface area contributed by atoms with Crippen LogP contribution in [0.2, 0.25) is 5.02 Å². The van der Waals surface area contributed by atoms with Gasteiger partial charge in [0.25, 0.3) is 0 Å². The molecule has 158 valence electrons. The van der Waals surface area contributed by atoms with Crippen molar-refractivity contribution in [3.8, 4) is 11.3 Å². The van der Waals surface area contributed by atoms with E-state index in [1.807, 2.05) is 37.4 Å². The molecule has 1 unspecified atom stereocenters. The maximum absolute atomic E-state index is 12.4. The number of ether oxygens (including phenoxy) is 1. The fourth-order valence-electron chi connectivity index (χ4n) is 3.55. The van der Waals surface area contributed by atoms with E-state index in [1.54, 1.807) is 15.6 Å². The van der Waals surface area contributed by atoms with Crippen LogP contribution in [0.15, 0.2) is 41.0 Å². The minimum Gasteiger partial charge on any atom is -0.381 e. The quantitative estimate of drug-likeness (QED) is 0.503. The average molecular weight is 493 g/mol. The van der Waals surface area contributed by atoms with Crippen LogP contribution >= 0.6 is 27.5 Å². The maximum Gasteiger partial charge on any atom is 0.227 e. The molecule has 30 heavy (non-hydrogen) atoms. The average Bonchev–Trinajstić information content (AvgIpc) is 3.41. The first-order valence-corrected chi connectivity index (χ1v) is 11.1. The second kappa shape index (κ2) is 9.32. The second-order valence-electron chi connectivity index (χ2n) is 7.34. The number of anilines is 1. The number of nitrogens with zero attached hydrogens (tertiary/aromatic N) is 4. The van der Waals surface area contributed by atoms with Crippen LogP contribution in [0.3, 0.4) is 0 Å². The summed E-state index contributed by atoms with van der Waals surface area (Å²) in [7, 11) is 1.85. The molecule has 0 aliphatic carbocycles. The zero-order chi connectivity index (χ0) is 21.1. The van der Waals surface area contributed by atoms with Gasteiger partial charge in [-0.3, -0.25) is 4.79 Å². The highest BCUT2D eigenvalue weighted by molar-refractivity contribution is 9.10. The summed E-state index contributed by atoms with van der Waals surface area (Å²) in [5, 5.41) is 8.48. The molecule has 1 saturated heterocycles.